The molecule has 0 saturated carbocycles. The number of fused-ring (bicyclic) bond motifs is 1. The number of pyridine rings is 3. The van der Waals surface area contributed by atoms with Gasteiger partial charge >= 0.3 is 30.0 Å². The number of carboxylic acid groups (broad SMARTS) is 4. The molecule has 0 amide bonds. The molecule has 7 rings (SSSR count). The number of nitrogens with one attached hydrogen (secondary N) is 1. The molecule has 25 nitrogen and oxygen atoms in total. The molecule has 1 aromatic carbocycles. The van der Waals surface area contributed by atoms with Gasteiger partial charge in [0, 0.05) is 18.8 Å². The SMILES string of the molecule is Nc1ncnc2c1ncn2C1OC(COC(O)(O)Nc2ccc(-c3cc(-c4cccc(CN(CC(=O)O)CC(=O)O)n4)nc(-c4cccc(CN(CC(=O)O)CC(=O)O)n4)c3)cc2)C(O)C1O. The van der Waals surface area contributed by atoms with Crippen LogP contribution in [-0.4, -0.2) is 166 Å². The zero-order valence-electron chi connectivity index (χ0n) is 35.0. The van der Waals surface area contributed by atoms with Crippen molar-refractivity contribution in [2.75, 3.05) is 43.8 Å². The summed E-state index contributed by atoms with van der Waals surface area (Å²) in [6.07, 6.45) is -5.92. The van der Waals surface area contributed by atoms with Crippen molar-refractivity contribution in [3.8, 4) is 33.9 Å². The normalized spacial score (nSPS) is 17.3. The summed E-state index contributed by atoms with van der Waals surface area (Å²) in [4.78, 5) is 74.5. The highest BCUT2D eigenvalue weighted by atomic mass is 16.8. The lowest BCUT2D eigenvalue weighted by Crippen LogP contribution is -2.44. The van der Waals surface area contributed by atoms with Crippen LogP contribution in [0.2, 0.25) is 0 Å². The van der Waals surface area contributed by atoms with Gasteiger partial charge in [-0.1, -0.05) is 24.3 Å². The van der Waals surface area contributed by atoms with Crippen molar-refractivity contribution in [3.05, 3.63) is 96.8 Å². The van der Waals surface area contributed by atoms with Gasteiger partial charge in [0.1, 0.15) is 30.2 Å². The van der Waals surface area contributed by atoms with E-state index >= 15 is 0 Å². The Morgan fingerprint density at radius 3 is 1.76 bits per heavy atom. The van der Waals surface area contributed by atoms with Crippen molar-refractivity contribution < 1.29 is 69.5 Å². The quantitative estimate of drug-likeness (QED) is 0.0421. The second-order valence-electron chi connectivity index (χ2n) is 15.3. The van der Waals surface area contributed by atoms with Gasteiger partial charge in [0.2, 0.25) is 0 Å². The first-order valence-electron chi connectivity index (χ1n) is 20.1. The van der Waals surface area contributed by atoms with Crippen molar-refractivity contribution in [1.82, 2.24) is 44.3 Å². The molecule has 67 heavy (non-hydrogen) atoms. The lowest BCUT2D eigenvalue weighted by Gasteiger charge is -2.26. The third kappa shape index (κ3) is 12.0. The fourth-order valence-electron chi connectivity index (χ4n) is 7.26. The monoisotopic (exact) mass is 925 g/mol. The smallest absolute Gasteiger partial charge is 0.369 e. The molecule has 4 atom stereocenters. The van der Waals surface area contributed by atoms with Gasteiger partial charge in [-0.25, -0.2) is 29.9 Å². The molecule has 350 valence electrons. The molecule has 5 aromatic heterocycles. The number of aliphatic hydroxyl groups excluding tert-OH is 2. The van der Waals surface area contributed by atoms with E-state index in [1.807, 2.05) is 0 Å². The number of nitrogens with two attached hydrogens (primary N) is 1. The molecule has 0 aliphatic carbocycles. The van der Waals surface area contributed by atoms with Crippen LogP contribution in [0.25, 0.3) is 45.1 Å². The van der Waals surface area contributed by atoms with Crippen LogP contribution in [0.1, 0.15) is 17.6 Å². The van der Waals surface area contributed by atoms with E-state index in [0.717, 1.165) is 0 Å². The third-order valence-corrected chi connectivity index (χ3v) is 10.1. The molecule has 11 N–H and O–H groups in total. The summed E-state index contributed by atoms with van der Waals surface area (Å²) in [7, 11) is 0. The van der Waals surface area contributed by atoms with Crippen molar-refractivity contribution in [3.63, 3.8) is 0 Å². The number of nitrogen functional groups attached to an aromatic ring is 1. The Labute approximate surface area is 378 Å². The standard InChI is InChI=1S/C42H43N11O14/c43-39-36-40(45-20-44-39)53(21-46-36)41-38(63)37(62)31(67-41)19-66-42(64,65)50-24-9-7-22(8-10-24)23-11-29(27-5-1-3-25(47-27)13-51(15-32(54)55)16-33(56)57)49-30(12-23)28-6-2-4-26(48-28)14-52(17-34(58)59)18-35(60)61/h1-12,20-21,31,37-38,41,50,62-65H,13-19H2,(H,54,55)(H,56,57)(H,58,59)(H,60,61)(H2,43,44,45). The van der Waals surface area contributed by atoms with E-state index in [9.17, 15) is 60.0 Å². The van der Waals surface area contributed by atoms with Gasteiger partial charge < -0.3 is 61.4 Å². The van der Waals surface area contributed by atoms with Gasteiger partial charge in [-0.15, -0.1) is 0 Å². The van der Waals surface area contributed by atoms with Crippen LogP contribution in [-0.2, 0) is 41.7 Å². The van der Waals surface area contributed by atoms with Crippen LogP contribution in [0.3, 0.4) is 0 Å². The molecule has 1 aliphatic rings. The molecule has 0 spiro atoms. The highest BCUT2D eigenvalue weighted by Gasteiger charge is 2.45. The zero-order valence-corrected chi connectivity index (χ0v) is 35.0. The number of carboxylic acids is 4. The molecule has 6 aromatic rings. The maximum Gasteiger partial charge on any atom is 0.369 e. The van der Waals surface area contributed by atoms with Crippen LogP contribution in [0.15, 0.2) is 85.5 Å². The number of anilines is 2. The third-order valence-electron chi connectivity index (χ3n) is 10.1. The lowest BCUT2D eigenvalue weighted by molar-refractivity contribution is -0.325. The summed E-state index contributed by atoms with van der Waals surface area (Å²) in [5, 5.41) is 83.0. The summed E-state index contributed by atoms with van der Waals surface area (Å²) in [5.74, 6) is -4.82. The second kappa shape index (κ2) is 20.3. The van der Waals surface area contributed by atoms with Crippen LogP contribution in [0.5, 0.6) is 0 Å². The highest BCUT2D eigenvalue weighted by molar-refractivity contribution is 5.81. The van der Waals surface area contributed by atoms with Crippen molar-refractivity contribution >= 4 is 46.5 Å². The van der Waals surface area contributed by atoms with Gasteiger partial charge in [-0.2, -0.15) is 0 Å². The van der Waals surface area contributed by atoms with Crippen molar-refractivity contribution in [2.24, 2.45) is 0 Å². The van der Waals surface area contributed by atoms with Crippen molar-refractivity contribution in [2.45, 2.75) is 43.7 Å². The Bertz CT molecular complexity index is 2640. The Hall–Kier alpha value is -7.62. The minimum atomic E-state index is -3.00. The maximum atomic E-state index is 11.5. The van der Waals surface area contributed by atoms with Gasteiger partial charge in [-0.05, 0) is 59.7 Å². The number of nitrogens with zero attached hydrogens (tertiary/aromatic N) is 9. The molecular formula is C42H43N11O14. The predicted molar refractivity (Wildman–Crippen MR) is 230 cm³/mol. The summed E-state index contributed by atoms with van der Waals surface area (Å²) in [6, 6.07) is 19.5. The summed E-state index contributed by atoms with van der Waals surface area (Å²) in [5.41, 5.74) is 9.60. The van der Waals surface area contributed by atoms with E-state index in [2.05, 4.69) is 30.2 Å². The number of rotatable bonds is 21. The number of aliphatic hydroxyl groups is 4. The molecular weight excluding hydrogens is 883 g/mol. The number of benzene rings is 1. The van der Waals surface area contributed by atoms with Gasteiger partial charge in [-0.3, -0.25) is 33.5 Å². The first kappa shape index (κ1) is 47.3. The molecule has 0 bridgehead atoms. The van der Waals surface area contributed by atoms with Gasteiger partial charge in [0.25, 0.3) is 0 Å². The largest absolute Gasteiger partial charge is 0.480 e. The number of ether oxygens (including phenoxy) is 2. The van der Waals surface area contributed by atoms with E-state index in [4.69, 9.17) is 20.2 Å². The molecule has 0 radical (unpaired) electrons. The van der Waals surface area contributed by atoms with E-state index in [0.29, 0.717) is 45.3 Å². The Balaban J connectivity index is 1.13. The van der Waals surface area contributed by atoms with E-state index in [-0.39, 0.29) is 35.8 Å². The first-order valence-corrected chi connectivity index (χ1v) is 20.1. The van der Waals surface area contributed by atoms with E-state index in [1.165, 1.54) is 39.2 Å². The van der Waals surface area contributed by atoms with E-state index in [1.54, 1.807) is 60.7 Å². The Morgan fingerprint density at radius 1 is 0.701 bits per heavy atom. The van der Waals surface area contributed by atoms with Crippen LogP contribution >= 0.6 is 0 Å². The first-order chi connectivity index (χ1) is 31.9. The molecule has 4 unspecified atom stereocenters. The number of imidazole rings is 1. The molecule has 25 heteroatoms. The molecule has 1 aliphatic heterocycles. The summed E-state index contributed by atoms with van der Waals surface area (Å²) < 4.78 is 12.5. The Kier molecular flexibility index (Phi) is 14.3. The van der Waals surface area contributed by atoms with Gasteiger partial charge in [0.15, 0.2) is 17.7 Å². The zero-order chi connectivity index (χ0) is 48.0. The fourth-order valence-corrected chi connectivity index (χ4v) is 7.26. The summed E-state index contributed by atoms with van der Waals surface area (Å²) >= 11 is 0. The van der Waals surface area contributed by atoms with Crippen molar-refractivity contribution in [1.29, 1.82) is 0 Å². The van der Waals surface area contributed by atoms with Crippen LogP contribution in [0.4, 0.5) is 11.5 Å². The maximum absolute atomic E-state index is 11.5. The number of aromatic nitrogens is 7. The predicted octanol–water partition coefficient (Wildman–Crippen LogP) is -0.119. The average molecular weight is 926 g/mol. The number of aliphatic carboxylic acids is 4. The highest BCUT2D eigenvalue weighted by Crippen LogP contribution is 2.34. The molecule has 6 heterocycles. The second-order valence-corrected chi connectivity index (χ2v) is 15.3. The molecule has 1 saturated heterocycles. The minimum Gasteiger partial charge on any atom is -0.480 e. The summed E-state index contributed by atoms with van der Waals surface area (Å²) in [6.45, 7) is -3.06. The van der Waals surface area contributed by atoms with Crippen LogP contribution < -0.4 is 11.1 Å². The van der Waals surface area contributed by atoms with E-state index < -0.39 is 87.3 Å². The Morgan fingerprint density at radius 2 is 1.24 bits per heavy atom. The number of carbonyl (C=O) groups is 4. The lowest BCUT2D eigenvalue weighted by atomic mass is 10.0. The van der Waals surface area contributed by atoms with Crippen LogP contribution in [0, 0.1) is 0 Å². The fraction of sp³-hybridized carbons (Fsp3) is 0.286. The minimum absolute atomic E-state index is 0.0934. The topological polar surface area (TPSA) is 375 Å². The van der Waals surface area contributed by atoms with Gasteiger partial charge in [0.05, 0.1) is 73.3 Å². The average Bonchev–Trinajstić information content (AvgIpc) is 3.82. The molecule has 1 fully saturated rings. The number of hydrogen-bond donors (Lipinski definition) is 10. The number of hydrogen-bond acceptors (Lipinski definition) is 20.